The maximum absolute atomic E-state index is 9.66. The second-order valence-electron chi connectivity index (χ2n) is 5.78. The van der Waals surface area contributed by atoms with Gasteiger partial charge in [-0.1, -0.05) is 6.07 Å². The second kappa shape index (κ2) is 6.08. The molecule has 26 heavy (non-hydrogen) atoms. The lowest BCUT2D eigenvalue weighted by Crippen LogP contribution is -2.21. The molecule has 0 aliphatic carbocycles. The molecule has 1 atom stereocenters. The average molecular weight is 352 g/mol. The molecule has 0 radical (unpaired) electrons. The predicted molar refractivity (Wildman–Crippen MR) is 91.4 cm³/mol. The van der Waals surface area contributed by atoms with Crippen LogP contribution in [0.15, 0.2) is 41.8 Å². The number of nitrogens with zero attached hydrogens (tertiary/aromatic N) is 1. The van der Waals surface area contributed by atoms with E-state index in [2.05, 4.69) is 6.07 Å². The first-order valence-electron chi connectivity index (χ1n) is 7.89. The van der Waals surface area contributed by atoms with E-state index in [0.717, 1.165) is 11.1 Å². The molecule has 2 aliphatic rings. The average Bonchev–Trinajstić information content (AvgIpc) is 3.12. The first-order chi connectivity index (χ1) is 12.7. The van der Waals surface area contributed by atoms with Crippen LogP contribution in [0.5, 0.6) is 28.7 Å². The van der Waals surface area contributed by atoms with E-state index >= 15 is 0 Å². The Morgan fingerprint density at radius 1 is 1.04 bits per heavy atom. The highest BCUT2D eigenvalue weighted by molar-refractivity contribution is 5.62. The third kappa shape index (κ3) is 2.35. The molecule has 0 spiro atoms. The molecule has 0 saturated heterocycles. The van der Waals surface area contributed by atoms with Crippen LogP contribution in [0.2, 0.25) is 0 Å². The molecule has 7 heteroatoms. The summed E-state index contributed by atoms with van der Waals surface area (Å²) in [6, 6.07) is 11.2. The molecule has 0 saturated carbocycles. The Balaban J connectivity index is 1.91. The summed E-state index contributed by atoms with van der Waals surface area (Å²) >= 11 is 0. The monoisotopic (exact) mass is 352 g/mol. The van der Waals surface area contributed by atoms with Crippen molar-refractivity contribution in [2.75, 3.05) is 21.0 Å². The van der Waals surface area contributed by atoms with E-state index in [1.54, 1.807) is 26.4 Å². The Labute approximate surface area is 150 Å². The molecule has 2 N–H and O–H groups in total. The van der Waals surface area contributed by atoms with Crippen molar-refractivity contribution in [2.24, 2.45) is 5.73 Å². The minimum atomic E-state index is -0.418. The van der Waals surface area contributed by atoms with Crippen molar-refractivity contribution in [1.29, 1.82) is 5.26 Å². The quantitative estimate of drug-likeness (QED) is 0.907. The number of allylic oxidation sites excluding steroid dienone is 1. The maximum Gasteiger partial charge on any atom is 0.231 e. The van der Waals surface area contributed by atoms with Crippen LogP contribution in [-0.2, 0) is 0 Å². The highest BCUT2D eigenvalue weighted by Gasteiger charge is 2.33. The number of rotatable bonds is 3. The van der Waals surface area contributed by atoms with E-state index < -0.39 is 5.92 Å². The molecule has 2 heterocycles. The molecular weight excluding hydrogens is 336 g/mol. The zero-order chi connectivity index (χ0) is 18.3. The van der Waals surface area contributed by atoms with Gasteiger partial charge in [0, 0.05) is 11.6 Å². The first kappa shape index (κ1) is 16.0. The van der Waals surface area contributed by atoms with Gasteiger partial charge in [0.15, 0.2) is 23.0 Å². The molecular formula is C19H16N2O5. The van der Waals surface area contributed by atoms with Gasteiger partial charge in [-0.3, -0.25) is 0 Å². The number of hydrogen-bond donors (Lipinski definition) is 1. The van der Waals surface area contributed by atoms with Crippen molar-refractivity contribution < 1.29 is 23.7 Å². The summed E-state index contributed by atoms with van der Waals surface area (Å²) in [5, 5.41) is 9.66. The summed E-state index contributed by atoms with van der Waals surface area (Å²) in [6.45, 7) is 0.146. The predicted octanol–water partition coefficient (Wildman–Crippen LogP) is 2.65. The Morgan fingerprint density at radius 3 is 2.46 bits per heavy atom. The van der Waals surface area contributed by atoms with Gasteiger partial charge in [-0.2, -0.15) is 5.26 Å². The lowest BCUT2D eigenvalue weighted by Gasteiger charge is -2.27. The Hall–Kier alpha value is -3.53. The van der Waals surface area contributed by atoms with Gasteiger partial charge in [-0.05, 0) is 23.8 Å². The zero-order valence-corrected chi connectivity index (χ0v) is 14.2. The lowest BCUT2D eigenvalue weighted by molar-refractivity contribution is 0.174. The Morgan fingerprint density at radius 2 is 1.77 bits per heavy atom. The highest BCUT2D eigenvalue weighted by Crippen LogP contribution is 2.48. The summed E-state index contributed by atoms with van der Waals surface area (Å²) in [5.74, 6) is 2.54. The van der Waals surface area contributed by atoms with Crippen molar-refractivity contribution in [3.63, 3.8) is 0 Å². The summed E-state index contributed by atoms with van der Waals surface area (Å²) in [6.07, 6.45) is 0. The summed E-state index contributed by atoms with van der Waals surface area (Å²) < 4.78 is 27.2. The number of fused-ring (bicyclic) bond motifs is 2. The van der Waals surface area contributed by atoms with E-state index in [1.165, 1.54) is 0 Å². The largest absolute Gasteiger partial charge is 0.493 e. The summed E-state index contributed by atoms with van der Waals surface area (Å²) in [7, 11) is 3.13. The van der Waals surface area contributed by atoms with Crippen molar-refractivity contribution in [1.82, 2.24) is 0 Å². The molecule has 4 rings (SSSR count). The number of benzene rings is 2. The van der Waals surface area contributed by atoms with Crippen molar-refractivity contribution in [3.8, 4) is 34.8 Å². The number of nitriles is 1. The number of hydrogen-bond acceptors (Lipinski definition) is 7. The minimum absolute atomic E-state index is 0.0682. The van der Waals surface area contributed by atoms with Crippen molar-refractivity contribution in [3.05, 3.63) is 52.9 Å². The molecule has 2 aromatic carbocycles. The molecule has 0 fully saturated rings. The van der Waals surface area contributed by atoms with Crippen LogP contribution in [-0.4, -0.2) is 21.0 Å². The zero-order valence-electron chi connectivity index (χ0n) is 14.2. The van der Waals surface area contributed by atoms with Crippen LogP contribution < -0.4 is 29.4 Å². The molecule has 1 unspecified atom stereocenters. The van der Waals surface area contributed by atoms with Crippen LogP contribution in [0.3, 0.4) is 0 Å². The van der Waals surface area contributed by atoms with E-state index in [4.69, 9.17) is 29.4 Å². The second-order valence-corrected chi connectivity index (χ2v) is 5.78. The van der Waals surface area contributed by atoms with E-state index in [-0.39, 0.29) is 12.7 Å². The molecule has 0 bridgehead atoms. The Kier molecular flexibility index (Phi) is 3.73. The molecule has 2 aliphatic heterocycles. The molecule has 0 amide bonds. The minimum Gasteiger partial charge on any atom is -0.493 e. The highest BCUT2D eigenvalue weighted by atomic mass is 16.7. The maximum atomic E-state index is 9.66. The topological polar surface area (TPSA) is 96.0 Å². The fourth-order valence-corrected chi connectivity index (χ4v) is 3.22. The number of ether oxygens (including phenoxy) is 5. The van der Waals surface area contributed by atoms with Crippen molar-refractivity contribution >= 4 is 0 Å². The molecule has 132 valence electrons. The van der Waals surface area contributed by atoms with E-state index in [0.29, 0.717) is 34.3 Å². The van der Waals surface area contributed by atoms with Crippen LogP contribution >= 0.6 is 0 Å². The fourth-order valence-electron chi connectivity index (χ4n) is 3.22. The summed E-state index contributed by atoms with van der Waals surface area (Å²) in [5.41, 5.74) is 7.93. The Bertz CT molecular complexity index is 961. The number of nitrogens with two attached hydrogens (primary N) is 1. The lowest BCUT2D eigenvalue weighted by atomic mass is 9.83. The van der Waals surface area contributed by atoms with Gasteiger partial charge in [0.2, 0.25) is 12.7 Å². The van der Waals surface area contributed by atoms with Gasteiger partial charge in [0.05, 0.1) is 20.1 Å². The van der Waals surface area contributed by atoms with Crippen LogP contribution in [0.1, 0.15) is 17.0 Å². The number of methoxy groups -OCH3 is 2. The van der Waals surface area contributed by atoms with E-state index in [1.807, 2.05) is 18.2 Å². The first-order valence-corrected chi connectivity index (χ1v) is 7.89. The van der Waals surface area contributed by atoms with Crippen LogP contribution in [0.25, 0.3) is 0 Å². The van der Waals surface area contributed by atoms with Gasteiger partial charge < -0.3 is 29.4 Å². The van der Waals surface area contributed by atoms with Gasteiger partial charge >= 0.3 is 0 Å². The van der Waals surface area contributed by atoms with Gasteiger partial charge in [-0.25, -0.2) is 0 Å². The van der Waals surface area contributed by atoms with Gasteiger partial charge in [-0.15, -0.1) is 0 Å². The standard InChI is InChI=1S/C19H16N2O5/c1-22-13-4-3-10(5-15(13)23-2)18-11-6-16-17(25-9-24-16)7-14(11)26-19(21)12(18)8-20/h3-7,18H,9,21H2,1-2H3. The van der Waals surface area contributed by atoms with Crippen LogP contribution in [0, 0.1) is 11.3 Å². The van der Waals surface area contributed by atoms with E-state index in [9.17, 15) is 5.26 Å². The third-order valence-electron chi connectivity index (χ3n) is 4.45. The van der Waals surface area contributed by atoms with Gasteiger partial charge in [0.1, 0.15) is 17.4 Å². The fraction of sp³-hybridized carbons (Fsp3) is 0.211. The van der Waals surface area contributed by atoms with Crippen molar-refractivity contribution in [2.45, 2.75) is 5.92 Å². The third-order valence-corrected chi connectivity index (χ3v) is 4.45. The molecule has 0 aromatic heterocycles. The normalized spacial score (nSPS) is 17.2. The van der Waals surface area contributed by atoms with Gasteiger partial charge in [0.25, 0.3) is 0 Å². The molecule has 7 nitrogen and oxygen atoms in total. The van der Waals surface area contributed by atoms with Crippen LogP contribution in [0.4, 0.5) is 0 Å². The SMILES string of the molecule is COc1ccc(C2C(C#N)=C(N)Oc3cc4c(cc32)OCO4)cc1OC. The molecule has 2 aromatic rings. The smallest absolute Gasteiger partial charge is 0.231 e. The summed E-state index contributed by atoms with van der Waals surface area (Å²) in [4.78, 5) is 0.